The van der Waals surface area contributed by atoms with E-state index < -0.39 is 0 Å². The lowest BCUT2D eigenvalue weighted by molar-refractivity contribution is -0.115. The fraction of sp³-hybridized carbons (Fsp3) is 0.286. The van der Waals surface area contributed by atoms with Gasteiger partial charge in [-0.1, -0.05) is 17.7 Å². The maximum Gasteiger partial charge on any atom is 0.238 e. The Bertz CT molecular complexity index is 556. The van der Waals surface area contributed by atoms with Crippen molar-refractivity contribution in [1.82, 2.24) is 15.1 Å². The van der Waals surface area contributed by atoms with Crippen molar-refractivity contribution < 1.29 is 4.79 Å². The first kappa shape index (κ1) is 14.6. The predicted octanol–water partition coefficient (Wildman–Crippen LogP) is 2.15. The van der Waals surface area contributed by atoms with Gasteiger partial charge in [-0.2, -0.15) is 5.10 Å². The molecule has 0 aliphatic carbocycles. The number of aromatic nitrogens is 2. The maximum absolute atomic E-state index is 11.8. The Hall–Kier alpha value is -1.85. The molecule has 1 aromatic heterocycles. The number of nitrogens with zero attached hydrogens (tertiary/aromatic N) is 2. The highest BCUT2D eigenvalue weighted by Crippen LogP contribution is 2.14. The molecule has 1 unspecified atom stereocenters. The number of nitrogens with one attached hydrogen (secondary N) is 2. The van der Waals surface area contributed by atoms with E-state index in [-0.39, 0.29) is 18.5 Å². The molecule has 1 aromatic carbocycles. The van der Waals surface area contributed by atoms with E-state index in [2.05, 4.69) is 15.7 Å². The number of rotatable bonds is 6. The van der Waals surface area contributed by atoms with Gasteiger partial charge in [0.2, 0.25) is 5.91 Å². The molecule has 2 aromatic rings. The zero-order valence-corrected chi connectivity index (χ0v) is 12.0. The quantitative estimate of drug-likeness (QED) is 0.858. The van der Waals surface area contributed by atoms with E-state index in [0.717, 1.165) is 6.54 Å². The molecule has 0 aliphatic heterocycles. The molecule has 0 fully saturated rings. The van der Waals surface area contributed by atoms with Crippen LogP contribution < -0.4 is 10.6 Å². The standard InChI is InChI=1S/C14H17ClN4O/c1-11(10-19-7-3-6-17-19)16-9-14(20)18-13-5-2-4-12(15)8-13/h2-8,11,16H,9-10H2,1H3,(H,18,20). The number of hydrogen-bond donors (Lipinski definition) is 2. The van der Waals surface area contributed by atoms with Crippen LogP contribution in [0.15, 0.2) is 42.7 Å². The molecule has 1 heterocycles. The second kappa shape index (κ2) is 7.07. The lowest BCUT2D eigenvalue weighted by Crippen LogP contribution is -2.36. The Morgan fingerprint density at radius 1 is 1.45 bits per heavy atom. The lowest BCUT2D eigenvalue weighted by atomic mass is 10.3. The number of amides is 1. The van der Waals surface area contributed by atoms with Crippen LogP contribution >= 0.6 is 11.6 Å². The molecule has 0 saturated heterocycles. The van der Waals surface area contributed by atoms with Gasteiger partial charge < -0.3 is 10.6 Å². The van der Waals surface area contributed by atoms with E-state index in [4.69, 9.17) is 11.6 Å². The molecule has 2 rings (SSSR count). The summed E-state index contributed by atoms with van der Waals surface area (Å²) in [6.45, 7) is 2.97. The Labute approximate surface area is 122 Å². The zero-order valence-electron chi connectivity index (χ0n) is 11.2. The highest BCUT2D eigenvalue weighted by Gasteiger charge is 2.07. The molecule has 0 spiro atoms. The second-order valence-corrected chi connectivity index (χ2v) is 5.01. The van der Waals surface area contributed by atoms with Crippen LogP contribution in [-0.2, 0) is 11.3 Å². The molecule has 6 heteroatoms. The third kappa shape index (κ3) is 4.68. The summed E-state index contributed by atoms with van der Waals surface area (Å²) in [7, 11) is 0. The monoisotopic (exact) mass is 292 g/mol. The average molecular weight is 293 g/mol. The molecule has 1 atom stereocenters. The first-order chi connectivity index (χ1) is 9.63. The van der Waals surface area contributed by atoms with Crippen LogP contribution in [0.4, 0.5) is 5.69 Å². The summed E-state index contributed by atoms with van der Waals surface area (Å²) in [4.78, 5) is 11.8. The number of hydrogen-bond acceptors (Lipinski definition) is 3. The molecule has 0 saturated carbocycles. The van der Waals surface area contributed by atoms with Crippen molar-refractivity contribution in [3.05, 3.63) is 47.7 Å². The molecule has 0 radical (unpaired) electrons. The third-order valence-corrected chi connectivity index (χ3v) is 2.97. The summed E-state index contributed by atoms with van der Waals surface area (Å²) in [5.41, 5.74) is 0.698. The van der Waals surface area contributed by atoms with Crippen molar-refractivity contribution in [3.8, 4) is 0 Å². The smallest absolute Gasteiger partial charge is 0.238 e. The largest absolute Gasteiger partial charge is 0.325 e. The maximum atomic E-state index is 11.8. The van der Waals surface area contributed by atoms with Crippen molar-refractivity contribution in [2.45, 2.75) is 19.5 Å². The van der Waals surface area contributed by atoms with Crippen molar-refractivity contribution in [3.63, 3.8) is 0 Å². The van der Waals surface area contributed by atoms with E-state index in [9.17, 15) is 4.79 Å². The molecule has 0 bridgehead atoms. The fourth-order valence-corrected chi connectivity index (χ4v) is 1.98. The molecule has 20 heavy (non-hydrogen) atoms. The predicted molar refractivity (Wildman–Crippen MR) is 79.8 cm³/mol. The number of halogens is 1. The number of carbonyl (C=O) groups is 1. The van der Waals surface area contributed by atoms with Gasteiger partial charge in [-0.3, -0.25) is 9.48 Å². The summed E-state index contributed by atoms with van der Waals surface area (Å²) >= 11 is 5.86. The summed E-state index contributed by atoms with van der Waals surface area (Å²) in [5.74, 6) is -0.0976. The Morgan fingerprint density at radius 3 is 3.00 bits per heavy atom. The molecular formula is C14H17ClN4O. The molecular weight excluding hydrogens is 276 g/mol. The normalized spacial score (nSPS) is 12.1. The third-order valence-electron chi connectivity index (χ3n) is 2.74. The van der Waals surface area contributed by atoms with Crippen LogP contribution in [0, 0.1) is 0 Å². The number of carbonyl (C=O) groups excluding carboxylic acids is 1. The van der Waals surface area contributed by atoms with Gasteiger partial charge in [0.25, 0.3) is 0 Å². The van der Waals surface area contributed by atoms with Crippen LogP contribution in [-0.4, -0.2) is 28.3 Å². The van der Waals surface area contributed by atoms with Crippen molar-refractivity contribution in [2.24, 2.45) is 0 Å². The van der Waals surface area contributed by atoms with Crippen LogP contribution in [0.3, 0.4) is 0 Å². The minimum absolute atomic E-state index is 0.0976. The van der Waals surface area contributed by atoms with Gasteiger partial charge in [-0.25, -0.2) is 0 Å². The van der Waals surface area contributed by atoms with E-state index in [1.807, 2.05) is 23.9 Å². The Kier molecular flexibility index (Phi) is 5.15. The minimum atomic E-state index is -0.0976. The Balaban J connectivity index is 1.74. The summed E-state index contributed by atoms with van der Waals surface area (Å²) < 4.78 is 1.83. The number of anilines is 1. The van der Waals surface area contributed by atoms with E-state index >= 15 is 0 Å². The van der Waals surface area contributed by atoms with E-state index in [0.29, 0.717) is 10.7 Å². The minimum Gasteiger partial charge on any atom is -0.325 e. The summed E-state index contributed by atoms with van der Waals surface area (Å²) in [6.07, 6.45) is 3.63. The van der Waals surface area contributed by atoms with Crippen molar-refractivity contribution >= 4 is 23.2 Å². The molecule has 5 nitrogen and oxygen atoms in total. The highest BCUT2D eigenvalue weighted by molar-refractivity contribution is 6.30. The summed E-state index contributed by atoms with van der Waals surface area (Å²) in [5, 5.41) is 10.7. The van der Waals surface area contributed by atoms with Crippen LogP contribution in [0.5, 0.6) is 0 Å². The topological polar surface area (TPSA) is 59.0 Å². The summed E-state index contributed by atoms with van der Waals surface area (Å²) in [6, 6.07) is 9.11. The first-order valence-electron chi connectivity index (χ1n) is 6.40. The van der Waals surface area contributed by atoms with Crippen molar-refractivity contribution in [1.29, 1.82) is 0 Å². The van der Waals surface area contributed by atoms with E-state index in [1.165, 1.54) is 0 Å². The van der Waals surface area contributed by atoms with Gasteiger partial charge in [0.15, 0.2) is 0 Å². The van der Waals surface area contributed by atoms with Gasteiger partial charge in [0.1, 0.15) is 0 Å². The van der Waals surface area contributed by atoms with Crippen LogP contribution in [0.25, 0.3) is 0 Å². The molecule has 2 N–H and O–H groups in total. The Morgan fingerprint density at radius 2 is 2.30 bits per heavy atom. The van der Waals surface area contributed by atoms with Gasteiger partial charge in [-0.05, 0) is 31.2 Å². The van der Waals surface area contributed by atoms with Crippen LogP contribution in [0.2, 0.25) is 5.02 Å². The van der Waals surface area contributed by atoms with Crippen LogP contribution in [0.1, 0.15) is 6.92 Å². The average Bonchev–Trinajstić information content (AvgIpc) is 2.89. The molecule has 106 valence electrons. The van der Waals surface area contributed by atoms with Gasteiger partial charge in [-0.15, -0.1) is 0 Å². The molecule has 0 aliphatic rings. The first-order valence-corrected chi connectivity index (χ1v) is 6.77. The lowest BCUT2D eigenvalue weighted by Gasteiger charge is -2.13. The number of benzene rings is 1. The second-order valence-electron chi connectivity index (χ2n) is 4.57. The van der Waals surface area contributed by atoms with Crippen molar-refractivity contribution in [2.75, 3.05) is 11.9 Å². The highest BCUT2D eigenvalue weighted by atomic mass is 35.5. The molecule has 1 amide bonds. The SMILES string of the molecule is CC(Cn1cccn1)NCC(=O)Nc1cccc(Cl)c1. The van der Waals surface area contributed by atoms with Gasteiger partial charge >= 0.3 is 0 Å². The van der Waals surface area contributed by atoms with Gasteiger partial charge in [0.05, 0.1) is 13.1 Å². The zero-order chi connectivity index (χ0) is 14.4. The fourth-order valence-electron chi connectivity index (χ4n) is 1.79. The van der Waals surface area contributed by atoms with E-state index in [1.54, 1.807) is 30.5 Å². The van der Waals surface area contributed by atoms with Gasteiger partial charge in [0, 0.05) is 29.1 Å².